The standard InChI is InChI=1S/C11H14F2N2O2S/c12-9-4-1-5-10(13)11(9)15-18(16,17)8-3-2-6-14-7-8/h1,4-5,8,14-15H,2-3,6-7H2. The van der Waals surface area contributed by atoms with Crippen LogP contribution in [0, 0.1) is 11.6 Å². The van der Waals surface area contributed by atoms with Crippen LogP contribution in [-0.2, 0) is 10.0 Å². The highest BCUT2D eigenvalue weighted by atomic mass is 32.2. The molecule has 1 aliphatic rings. The number of rotatable bonds is 3. The van der Waals surface area contributed by atoms with E-state index in [0.717, 1.165) is 25.1 Å². The maximum Gasteiger partial charge on any atom is 0.237 e. The van der Waals surface area contributed by atoms with E-state index < -0.39 is 32.6 Å². The van der Waals surface area contributed by atoms with Gasteiger partial charge in [-0.3, -0.25) is 4.72 Å². The lowest BCUT2D eigenvalue weighted by atomic mass is 10.2. The van der Waals surface area contributed by atoms with Crippen LogP contribution in [0.4, 0.5) is 14.5 Å². The van der Waals surface area contributed by atoms with E-state index in [1.807, 2.05) is 4.72 Å². The van der Waals surface area contributed by atoms with E-state index >= 15 is 0 Å². The van der Waals surface area contributed by atoms with Crippen molar-refractivity contribution in [3.05, 3.63) is 29.8 Å². The van der Waals surface area contributed by atoms with Crippen molar-refractivity contribution in [3.63, 3.8) is 0 Å². The molecule has 1 saturated heterocycles. The van der Waals surface area contributed by atoms with Gasteiger partial charge in [-0.2, -0.15) is 0 Å². The molecule has 2 N–H and O–H groups in total. The Kier molecular flexibility index (Phi) is 3.82. The van der Waals surface area contributed by atoms with Gasteiger partial charge in [0.15, 0.2) is 0 Å². The van der Waals surface area contributed by atoms with Gasteiger partial charge in [-0.05, 0) is 31.5 Å². The Balaban J connectivity index is 2.22. The molecule has 0 aromatic heterocycles. The highest BCUT2D eigenvalue weighted by Crippen LogP contribution is 2.22. The zero-order valence-corrected chi connectivity index (χ0v) is 10.4. The van der Waals surface area contributed by atoms with Gasteiger partial charge in [0, 0.05) is 6.54 Å². The summed E-state index contributed by atoms with van der Waals surface area (Å²) in [5.74, 6) is -1.83. The van der Waals surface area contributed by atoms with Crippen LogP contribution in [0.5, 0.6) is 0 Å². The molecule has 18 heavy (non-hydrogen) atoms. The average Bonchev–Trinajstić information content (AvgIpc) is 2.35. The first-order valence-electron chi connectivity index (χ1n) is 5.67. The van der Waals surface area contributed by atoms with Crippen LogP contribution in [0.25, 0.3) is 0 Å². The summed E-state index contributed by atoms with van der Waals surface area (Å²) in [7, 11) is -3.77. The lowest BCUT2D eigenvalue weighted by Gasteiger charge is -2.23. The second-order valence-corrected chi connectivity index (χ2v) is 6.17. The number of hydrogen-bond donors (Lipinski definition) is 2. The molecule has 0 aliphatic carbocycles. The van der Waals surface area contributed by atoms with Crippen LogP contribution >= 0.6 is 0 Å². The van der Waals surface area contributed by atoms with E-state index in [-0.39, 0.29) is 0 Å². The minimum Gasteiger partial charge on any atom is -0.315 e. The highest BCUT2D eigenvalue weighted by Gasteiger charge is 2.28. The molecule has 0 spiro atoms. The minimum absolute atomic E-state index is 0.297. The maximum atomic E-state index is 13.4. The zero-order chi connectivity index (χ0) is 13.2. The molecule has 0 saturated carbocycles. The first kappa shape index (κ1) is 13.2. The Morgan fingerprint density at radius 2 is 1.94 bits per heavy atom. The molecular formula is C11H14F2N2O2S. The smallest absolute Gasteiger partial charge is 0.237 e. The van der Waals surface area contributed by atoms with Gasteiger partial charge < -0.3 is 5.32 Å². The monoisotopic (exact) mass is 276 g/mol. The number of para-hydroxylation sites is 1. The van der Waals surface area contributed by atoms with Crippen LogP contribution in [0.2, 0.25) is 0 Å². The minimum atomic E-state index is -3.77. The van der Waals surface area contributed by atoms with E-state index in [9.17, 15) is 17.2 Å². The van der Waals surface area contributed by atoms with Crippen molar-refractivity contribution in [2.45, 2.75) is 18.1 Å². The summed E-state index contributed by atoms with van der Waals surface area (Å²) >= 11 is 0. The Labute approximate surface area is 104 Å². The molecule has 7 heteroatoms. The Hall–Kier alpha value is -1.21. The van der Waals surface area contributed by atoms with Crippen molar-refractivity contribution < 1.29 is 17.2 Å². The third-order valence-electron chi connectivity index (χ3n) is 2.90. The number of halogens is 2. The molecule has 0 amide bonds. The summed E-state index contributed by atoms with van der Waals surface area (Å²) in [6, 6.07) is 3.21. The van der Waals surface area contributed by atoms with Crippen LogP contribution in [-0.4, -0.2) is 26.8 Å². The van der Waals surface area contributed by atoms with Crippen molar-refractivity contribution in [2.24, 2.45) is 0 Å². The zero-order valence-electron chi connectivity index (χ0n) is 9.62. The number of sulfonamides is 1. The van der Waals surface area contributed by atoms with Gasteiger partial charge in [0.25, 0.3) is 0 Å². The Bertz CT molecular complexity index is 508. The van der Waals surface area contributed by atoms with E-state index in [4.69, 9.17) is 0 Å². The average molecular weight is 276 g/mol. The molecule has 1 aliphatic heterocycles. The van der Waals surface area contributed by atoms with Crippen LogP contribution in [0.15, 0.2) is 18.2 Å². The Morgan fingerprint density at radius 1 is 1.28 bits per heavy atom. The van der Waals surface area contributed by atoms with E-state index in [2.05, 4.69) is 5.32 Å². The molecule has 4 nitrogen and oxygen atoms in total. The molecule has 1 heterocycles. The molecule has 1 aromatic carbocycles. The molecule has 1 aromatic rings. The fourth-order valence-corrected chi connectivity index (χ4v) is 3.37. The van der Waals surface area contributed by atoms with Crippen molar-refractivity contribution in [3.8, 4) is 0 Å². The van der Waals surface area contributed by atoms with E-state index in [0.29, 0.717) is 13.0 Å². The number of hydrogen-bond acceptors (Lipinski definition) is 3. The number of anilines is 1. The summed E-state index contributed by atoms with van der Waals surface area (Å²) in [6.45, 7) is 1.06. The molecule has 0 radical (unpaired) electrons. The fourth-order valence-electron chi connectivity index (χ4n) is 1.91. The first-order valence-corrected chi connectivity index (χ1v) is 7.22. The molecule has 1 fully saturated rings. The largest absolute Gasteiger partial charge is 0.315 e. The van der Waals surface area contributed by atoms with Crippen molar-refractivity contribution >= 4 is 15.7 Å². The second-order valence-electron chi connectivity index (χ2n) is 4.21. The highest BCUT2D eigenvalue weighted by molar-refractivity contribution is 7.93. The predicted molar refractivity (Wildman–Crippen MR) is 64.8 cm³/mol. The molecule has 0 bridgehead atoms. The molecule has 1 atom stereocenters. The summed E-state index contributed by atoms with van der Waals surface area (Å²) < 4.78 is 52.7. The maximum absolute atomic E-state index is 13.4. The van der Waals surface area contributed by atoms with Crippen LogP contribution < -0.4 is 10.0 Å². The summed E-state index contributed by atoms with van der Waals surface area (Å²) in [5, 5.41) is 2.29. The lowest BCUT2D eigenvalue weighted by molar-refractivity contribution is 0.498. The quantitative estimate of drug-likeness (QED) is 0.878. The van der Waals surface area contributed by atoms with Crippen LogP contribution in [0.3, 0.4) is 0 Å². The van der Waals surface area contributed by atoms with E-state index in [1.54, 1.807) is 0 Å². The Morgan fingerprint density at radius 3 is 2.50 bits per heavy atom. The molecule has 2 rings (SSSR count). The van der Waals surface area contributed by atoms with Gasteiger partial charge in [0.05, 0.1) is 5.25 Å². The predicted octanol–water partition coefficient (Wildman–Crippen LogP) is 1.46. The summed E-state index contributed by atoms with van der Waals surface area (Å²) in [5.41, 5.74) is -0.608. The van der Waals surface area contributed by atoms with Gasteiger partial charge in [-0.25, -0.2) is 17.2 Å². The van der Waals surface area contributed by atoms with Crippen molar-refractivity contribution in [2.75, 3.05) is 17.8 Å². The van der Waals surface area contributed by atoms with Gasteiger partial charge in [-0.15, -0.1) is 0 Å². The van der Waals surface area contributed by atoms with E-state index in [1.165, 1.54) is 6.07 Å². The first-order chi connectivity index (χ1) is 8.50. The van der Waals surface area contributed by atoms with Gasteiger partial charge in [0.1, 0.15) is 17.3 Å². The molecular weight excluding hydrogens is 262 g/mol. The van der Waals surface area contributed by atoms with Crippen molar-refractivity contribution in [1.82, 2.24) is 5.32 Å². The normalized spacial score (nSPS) is 20.7. The fraction of sp³-hybridized carbons (Fsp3) is 0.455. The molecule has 1 unspecified atom stereocenters. The van der Waals surface area contributed by atoms with Gasteiger partial charge >= 0.3 is 0 Å². The lowest BCUT2D eigenvalue weighted by Crippen LogP contribution is -2.41. The van der Waals surface area contributed by atoms with Gasteiger partial charge in [-0.1, -0.05) is 6.07 Å². The third-order valence-corrected chi connectivity index (χ3v) is 4.67. The SMILES string of the molecule is O=S(=O)(Nc1c(F)cccc1F)C1CCCNC1. The topological polar surface area (TPSA) is 58.2 Å². The van der Waals surface area contributed by atoms with Crippen molar-refractivity contribution in [1.29, 1.82) is 0 Å². The third kappa shape index (κ3) is 2.78. The number of benzene rings is 1. The second kappa shape index (κ2) is 5.19. The molecule has 100 valence electrons. The number of piperidine rings is 1. The number of nitrogens with one attached hydrogen (secondary N) is 2. The summed E-state index contributed by atoms with van der Waals surface area (Å²) in [6.07, 6.45) is 1.21. The summed E-state index contributed by atoms with van der Waals surface area (Å²) in [4.78, 5) is 0. The van der Waals surface area contributed by atoms with Crippen LogP contribution in [0.1, 0.15) is 12.8 Å². The van der Waals surface area contributed by atoms with Gasteiger partial charge in [0.2, 0.25) is 10.0 Å².